The fourth-order valence-electron chi connectivity index (χ4n) is 1.66. The van der Waals surface area contributed by atoms with E-state index in [1.807, 2.05) is 30.3 Å². The number of rotatable bonds is 8. The van der Waals surface area contributed by atoms with Crippen molar-refractivity contribution in [1.29, 1.82) is 0 Å². The second-order valence-corrected chi connectivity index (χ2v) is 4.29. The summed E-state index contributed by atoms with van der Waals surface area (Å²) in [5, 5.41) is 6.52. The minimum Gasteiger partial charge on any atom is -0.492 e. The molecule has 0 spiro atoms. The van der Waals surface area contributed by atoms with Crippen molar-refractivity contribution in [3.63, 3.8) is 0 Å². The van der Waals surface area contributed by atoms with E-state index in [-0.39, 0.29) is 24.0 Å². The Morgan fingerprint density at radius 1 is 1.10 bits per heavy atom. The summed E-state index contributed by atoms with van der Waals surface area (Å²) in [6.07, 6.45) is 3.66. The Hall–Kier alpha value is -0.980. The van der Waals surface area contributed by atoms with E-state index >= 15 is 0 Å². The quantitative estimate of drug-likeness (QED) is 0.310. The Balaban J connectivity index is 0.00000361. The van der Waals surface area contributed by atoms with Gasteiger partial charge in [-0.15, -0.1) is 24.0 Å². The summed E-state index contributed by atoms with van der Waals surface area (Å²) in [4.78, 5) is 4.17. The van der Waals surface area contributed by atoms with Gasteiger partial charge in [-0.05, 0) is 18.6 Å². The first-order valence-electron chi connectivity index (χ1n) is 6.99. The van der Waals surface area contributed by atoms with Gasteiger partial charge >= 0.3 is 0 Å². The van der Waals surface area contributed by atoms with E-state index in [0.717, 1.165) is 24.8 Å². The molecule has 2 N–H and O–H groups in total. The molecular weight excluding hydrogens is 365 g/mol. The Bertz CT molecular complexity index is 357. The van der Waals surface area contributed by atoms with Crippen LogP contribution in [0, 0.1) is 0 Å². The van der Waals surface area contributed by atoms with Crippen molar-refractivity contribution in [2.45, 2.75) is 26.2 Å². The summed E-state index contributed by atoms with van der Waals surface area (Å²) >= 11 is 0. The molecule has 1 aromatic rings. The first kappa shape index (κ1) is 19.0. The maximum Gasteiger partial charge on any atom is 0.191 e. The minimum atomic E-state index is 0. The number of aliphatic imine (C=N–C) groups is 1. The summed E-state index contributed by atoms with van der Waals surface area (Å²) in [5.74, 6) is 1.74. The number of guanidine groups is 1. The maximum absolute atomic E-state index is 5.60. The second-order valence-electron chi connectivity index (χ2n) is 4.29. The van der Waals surface area contributed by atoms with Crippen LogP contribution < -0.4 is 15.4 Å². The van der Waals surface area contributed by atoms with E-state index in [1.54, 1.807) is 7.05 Å². The fourth-order valence-corrected chi connectivity index (χ4v) is 1.66. The lowest BCUT2D eigenvalue weighted by molar-refractivity contribution is 0.322. The Kier molecular flexibility index (Phi) is 12.4. The van der Waals surface area contributed by atoms with Crippen LogP contribution >= 0.6 is 24.0 Å². The predicted octanol–water partition coefficient (Wildman–Crippen LogP) is 3.04. The third-order valence-corrected chi connectivity index (χ3v) is 2.70. The van der Waals surface area contributed by atoms with Gasteiger partial charge in [0.2, 0.25) is 0 Å². The third-order valence-electron chi connectivity index (χ3n) is 2.70. The van der Waals surface area contributed by atoms with Crippen molar-refractivity contribution in [2.24, 2.45) is 4.99 Å². The highest BCUT2D eigenvalue weighted by molar-refractivity contribution is 14.0. The smallest absolute Gasteiger partial charge is 0.191 e. The molecule has 0 aromatic heterocycles. The molecule has 5 heteroatoms. The standard InChI is InChI=1S/C15H25N3O.HI/c1-3-4-8-11-17-15(16-2)18-12-13-19-14-9-6-5-7-10-14;/h5-7,9-10H,3-4,8,11-13H2,1-2H3,(H2,16,17,18);1H. The molecule has 1 aromatic carbocycles. The predicted molar refractivity (Wildman–Crippen MR) is 96.2 cm³/mol. The number of unbranched alkanes of at least 4 members (excludes halogenated alkanes) is 2. The lowest BCUT2D eigenvalue weighted by atomic mass is 10.2. The van der Waals surface area contributed by atoms with Crippen LogP contribution in [0.25, 0.3) is 0 Å². The molecule has 0 aliphatic rings. The molecule has 20 heavy (non-hydrogen) atoms. The van der Waals surface area contributed by atoms with Crippen LogP contribution in [0.1, 0.15) is 26.2 Å². The van der Waals surface area contributed by atoms with Crippen molar-refractivity contribution >= 4 is 29.9 Å². The van der Waals surface area contributed by atoms with Gasteiger partial charge in [0.25, 0.3) is 0 Å². The number of benzene rings is 1. The monoisotopic (exact) mass is 391 g/mol. The third kappa shape index (κ3) is 9.01. The topological polar surface area (TPSA) is 45.7 Å². The highest BCUT2D eigenvalue weighted by atomic mass is 127. The zero-order chi connectivity index (χ0) is 13.8. The van der Waals surface area contributed by atoms with Gasteiger partial charge in [0.1, 0.15) is 12.4 Å². The molecule has 0 unspecified atom stereocenters. The summed E-state index contributed by atoms with van der Waals surface area (Å²) in [5.41, 5.74) is 0. The average Bonchev–Trinajstić information content (AvgIpc) is 2.46. The van der Waals surface area contributed by atoms with Crippen molar-refractivity contribution in [3.8, 4) is 5.75 Å². The molecule has 0 fully saturated rings. The lowest BCUT2D eigenvalue weighted by Crippen LogP contribution is -2.39. The average molecular weight is 391 g/mol. The molecule has 4 nitrogen and oxygen atoms in total. The highest BCUT2D eigenvalue weighted by Gasteiger charge is 1.96. The van der Waals surface area contributed by atoms with Gasteiger partial charge in [0.15, 0.2) is 5.96 Å². The zero-order valence-electron chi connectivity index (χ0n) is 12.4. The van der Waals surface area contributed by atoms with Crippen molar-refractivity contribution in [1.82, 2.24) is 10.6 Å². The van der Waals surface area contributed by atoms with E-state index in [0.29, 0.717) is 6.61 Å². The van der Waals surface area contributed by atoms with Crippen LogP contribution in [0.15, 0.2) is 35.3 Å². The van der Waals surface area contributed by atoms with Crippen LogP contribution in [0.4, 0.5) is 0 Å². The van der Waals surface area contributed by atoms with Crippen molar-refractivity contribution in [3.05, 3.63) is 30.3 Å². The van der Waals surface area contributed by atoms with Gasteiger partial charge in [-0.3, -0.25) is 4.99 Å². The van der Waals surface area contributed by atoms with Crippen LogP contribution in [0.3, 0.4) is 0 Å². The number of halogens is 1. The number of para-hydroxylation sites is 1. The Morgan fingerprint density at radius 2 is 1.80 bits per heavy atom. The largest absolute Gasteiger partial charge is 0.492 e. The molecule has 0 heterocycles. The van der Waals surface area contributed by atoms with Gasteiger partial charge < -0.3 is 15.4 Å². The maximum atomic E-state index is 5.60. The number of hydrogen-bond donors (Lipinski definition) is 2. The van der Waals surface area contributed by atoms with Gasteiger partial charge in [-0.25, -0.2) is 0 Å². The Labute approximate surface area is 139 Å². The Morgan fingerprint density at radius 3 is 2.45 bits per heavy atom. The molecule has 0 aliphatic heterocycles. The highest BCUT2D eigenvalue weighted by Crippen LogP contribution is 2.07. The van der Waals surface area contributed by atoms with Gasteiger partial charge in [-0.1, -0.05) is 38.0 Å². The van der Waals surface area contributed by atoms with Crippen molar-refractivity contribution < 1.29 is 4.74 Å². The first-order valence-corrected chi connectivity index (χ1v) is 6.99. The molecule has 0 atom stereocenters. The molecule has 0 saturated heterocycles. The number of hydrogen-bond acceptors (Lipinski definition) is 2. The molecule has 0 radical (unpaired) electrons. The molecular formula is C15H26IN3O. The van der Waals surface area contributed by atoms with Gasteiger partial charge in [-0.2, -0.15) is 0 Å². The summed E-state index contributed by atoms with van der Waals surface area (Å²) in [6.45, 7) is 4.53. The van der Waals surface area contributed by atoms with Gasteiger partial charge in [0.05, 0.1) is 6.54 Å². The van der Waals surface area contributed by atoms with E-state index in [2.05, 4.69) is 22.5 Å². The second kappa shape index (κ2) is 13.0. The van der Waals surface area contributed by atoms with Crippen LogP contribution in [0.2, 0.25) is 0 Å². The molecule has 114 valence electrons. The zero-order valence-corrected chi connectivity index (χ0v) is 14.7. The fraction of sp³-hybridized carbons (Fsp3) is 0.533. The molecule has 0 amide bonds. The van der Waals surface area contributed by atoms with E-state index in [4.69, 9.17) is 4.74 Å². The minimum absolute atomic E-state index is 0. The van der Waals surface area contributed by atoms with E-state index in [9.17, 15) is 0 Å². The van der Waals surface area contributed by atoms with Gasteiger partial charge in [0, 0.05) is 13.6 Å². The van der Waals surface area contributed by atoms with Crippen molar-refractivity contribution in [2.75, 3.05) is 26.7 Å². The van der Waals surface area contributed by atoms with Crippen LogP contribution in [-0.4, -0.2) is 32.7 Å². The lowest BCUT2D eigenvalue weighted by Gasteiger charge is -2.12. The van der Waals surface area contributed by atoms with Crippen LogP contribution in [0.5, 0.6) is 5.75 Å². The molecule has 0 aliphatic carbocycles. The molecule has 1 rings (SSSR count). The normalized spacial score (nSPS) is 10.6. The molecule has 0 bridgehead atoms. The molecule has 0 saturated carbocycles. The summed E-state index contributed by atoms with van der Waals surface area (Å²) < 4.78 is 5.60. The summed E-state index contributed by atoms with van der Waals surface area (Å²) in [7, 11) is 1.78. The van der Waals surface area contributed by atoms with Crippen LogP contribution in [-0.2, 0) is 0 Å². The van der Waals surface area contributed by atoms with E-state index < -0.39 is 0 Å². The number of nitrogens with zero attached hydrogens (tertiary/aromatic N) is 1. The van der Waals surface area contributed by atoms with E-state index in [1.165, 1.54) is 19.3 Å². The summed E-state index contributed by atoms with van der Waals surface area (Å²) in [6, 6.07) is 9.83. The number of ether oxygens (including phenoxy) is 1. The first-order chi connectivity index (χ1) is 9.36. The number of nitrogens with one attached hydrogen (secondary N) is 2. The SMILES string of the molecule is CCCCCNC(=NC)NCCOc1ccccc1.I.